The summed E-state index contributed by atoms with van der Waals surface area (Å²) in [5.41, 5.74) is 6.40. The molecule has 4 rings (SSSR count). The molecule has 3 heterocycles. The van der Waals surface area contributed by atoms with E-state index in [9.17, 15) is 4.79 Å². The van der Waals surface area contributed by atoms with Crippen LogP contribution in [0.25, 0.3) is 0 Å². The topological polar surface area (TPSA) is 103 Å². The average Bonchev–Trinajstić information content (AvgIpc) is 3.23. The molecule has 8 nitrogen and oxygen atoms in total. The minimum Gasteiger partial charge on any atom is -0.486 e. The number of anilines is 2. The lowest BCUT2D eigenvalue weighted by Gasteiger charge is -2.29. The van der Waals surface area contributed by atoms with Gasteiger partial charge in [0.25, 0.3) is 0 Å². The Labute approximate surface area is 187 Å². The molecule has 2 aliphatic heterocycles. The third-order valence-corrected chi connectivity index (χ3v) is 5.72. The molecule has 3 N–H and O–H groups in total. The highest BCUT2D eigenvalue weighted by Gasteiger charge is 2.32. The monoisotopic (exact) mass is 443 g/mol. The first-order valence-corrected chi connectivity index (χ1v) is 11.0. The predicted octanol–water partition coefficient (Wildman–Crippen LogP) is 3.43. The molecule has 1 aromatic carbocycles. The van der Waals surface area contributed by atoms with Crippen LogP contribution in [0.2, 0.25) is 0 Å². The molecule has 1 saturated heterocycles. The van der Waals surface area contributed by atoms with E-state index in [2.05, 4.69) is 15.3 Å². The van der Waals surface area contributed by atoms with Gasteiger partial charge >= 0.3 is 0 Å². The maximum absolute atomic E-state index is 15.5. The zero-order chi connectivity index (χ0) is 22.9. The molecule has 1 fully saturated rings. The quantitative estimate of drug-likeness (QED) is 0.705. The van der Waals surface area contributed by atoms with E-state index < -0.39 is 17.8 Å². The number of hydrogen-bond acceptors (Lipinski definition) is 7. The molecule has 0 spiro atoms. The van der Waals surface area contributed by atoms with Crippen molar-refractivity contribution in [3.8, 4) is 11.5 Å². The summed E-state index contributed by atoms with van der Waals surface area (Å²) in [6, 6.07) is 5.06. The number of nitrogens with two attached hydrogens (primary N) is 1. The lowest BCUT2D eigenvalue weighted by atomic mass is 9.88. The second kappa shape index (κ2) is 8.80. The molecule has 0 aliphatic carbocycles. The van der Waals surface area contributed by atoms with Crippen molar-refractivity contribution in [2.45, 2.75) is 52.1 Å². The Kier molecular flexibility index (Phi) is 6.08. The van der Waals surface area contributed by atoms with Gasteiger partial charge in [-0.1, -0.05) is 26.8 Å². The number of fused-ring (bicyclic) bond motifs is 1. The van der Waals surface area contributed by atoms with Crippen LogP contribution in [-0.4, -0.2) is 41.7 Å². The number of amides is 1. The molecule has 1 amide bonds. The van der Waals surface area contributed by atoms with Crippen LogP contribution in [0.5, 0.6) is 11.5 Å². The standard InChI is InChI=1S/C23H30FN5O3/c1-23(2,3)12-15(20(25)30)28-21-19(24)22(27-13-26-21)29-8-4-5-16(29)14-6-7-17-18(11-14)32-10-9-31-17/h6-7,11,13,15-16H,4-5,8-10,12H2,1-3H3,(H2,25,30)(H,26,27,28)/t15-,16?/m0/s1. The van der Waals surface area contributed by atoms with Crippen LogP contribution >= 0.6 is 0 Å². The fraction of sp³-hybridized carbons (Fsp3) is 0.522. The number of nitrogens with zero attached hydrogens (tertiary/aromatic N) is 3. The molecule has 0 saturated carbocycles. The minimum atomic E-state index is -0.737. The van der Waals surface area contributed by atoms with Crippen LogP contribution in [0.4, 0.5) is 16.0 Å². The summed E-state index contributed by atoms with van der Waals surface area (Å²) >= 11 is 0. The van der Waals surface area contributed by atoms with Gasteiger partial charge in [-0.2, -0.15) is 4.39 Å². The molecule has 0 radical (unpaired) electrons. The largest absolute Gasteiger partial charge is 0.486 e. The number of halogens is 1. The molecular formula is C23H30FN5O3. The zero-order valence-corrected chi connectivity index (χ0v) is 18.7. The van der Waals surface area contributed by atoms with E-state index in [1.54, 1.807) is 0 Å². The van der Waals surface area contributed by atoms with Gasteiger partial charge in [-0.05, 0) is 42.4 Å². The van der Waals surface area contributed by atoms with Gasteiger partial charge in [0.2, 0.25) is 11.7 Å². The normalized spacial score (nSPS) is 19.0. The van der Waals surface area contributed by atoms with Crippen molar-refractivity contribution >= 4 is 17.5 Å². The maximum Gasteiger partial charge on any atom is 0.239 e. The Bertz CT molecular complexity index is 994. The first-order valence-electron chi connectivity index (χ1n) is 11.0. The van der Waals surface area contributed by atoms with Gasteiger partial charge in [-0.3, -0.25) is 4.79 Å². The van der Waals surface area contributed by atoms with E-state index >= 15 is 4.39 Å². The Morgan fingerprint density at radius 3 is 2.75 bits per heavy atom. The molecule has 2 aliphatic rings. The van der Waals surface area contributed by atoms with E-state index in [1.807, 2.05) is 43.9 Å². The summed E-state index contributed by atoms with van der Waals surface area (Å²) in [5, 5.41) is 2.90. The number of nitrogens with one attached hydrogen (secondary N) is 1. The van der Waals surface area contributed by atoms with Crippen molar-refractivity contribution in [2.75, 3.05) is 30.0 Å². The number of aromatic nitrogens is 2. The lowest BCUT2D eigenvalue weighted by Crippen LogP contribution is -2.39. The van der Waals surface area contributed by atoms with Gasteiger partial charge in [-0.15, -0.1) is 0 Å². The van der Waals surface area contributed by atoms with Gasteiger partial charge in [0, 0.05) is 6.54 Å². The van der Waals surface area contributed by atoms with Crippen molar-refractivity contribution < 1.29 is 18.7 Å². The van der Waals surface area contributed by atoms with Crippen LogP contribution in [-0.2, 0) is 4.79 Å². The van der Waals surface area contributed by atoms with E-state index in [4.69, 9.17) is 15.2 Å². The molecule has 32 heavy (non-hydrogen) atoms. The van der Waals surface area contributed by atoms with Crippen molar-refractivity contribution in [2.24, 2.45) is 11.1 Å². The SMILES string of the molecule is CC(C)(C)C[C@H](Nc1ncnc(N2CCCC2c2ccc3c(c2)OCCO3)c1F)C(N)=O. The highest BCUT2D eigenvalue weighted by molar-refractivity contribution is 5.82. The zero-order valence-electron chi connectivity index (χ0n) is 18.7. The van der Waals surface area contributed by atoms with Gasteiger partial charge in [-0.25, -0.2) is 9.97 Å². The van der Waals surface area contributed by atoms with Crippen molar-refractivity contribution in [1.82, 2.24) is 9.97 Å². The smallest absolute Gasteiger partial charge is 0.239 e. The van der Waals surface area contributed by atoms with Gasteiger partial charge in [0.1, 0.15) is 25.6 Å². The Morgan fingerprint density at radius 2 is 2.03 bits per heavy atom. The number of carbonyl (C=O) groups is 1. The maximum atomic E-state index is 15.5. The van der Waals surface area contributed by atoms with Gasteiger partial charge in [0.05, 0.1) is 6.04 Å². The fourth-order valence-corrected chi connectivity index (χ4v) is 4.30. The summed E-state index contributed by atoms with van der Waals surface area (Å²) < 4.78 is 26.8. The van der Waals surface area contributed by atoms with Crippen LogP contribution < -0.4 is 25.4 Å². The van der Waals surface area contributed by atoms with Crippen LogP contribution in [0.3, 0.4) is 0 Å². The summed E-state index contributed by atoms with van der Waals surface area (Å²) in [5.74, 6) is 0.486. The van der Waals surface area contributed by atoms with E-state index in [0.717, 1.165) is 24.2 Å². The number of primary amides is 1. The molecule has 0 bridgehead atoms. The van der Waals surface area contributed by atoms with Gasteiger partial charge in [0.15, 0.2) is 23.1 Å². The number of ether oxygens (including phenoxy) is 2. The van der Waals surface area contributed by atoms with E-state index in [1.165, 1.54) is 6.33 Å². The minimum absolute atomic E-state index is 0.0177. The number of carbonyl (C=O) groups excluding carboxylic acids is 1. The third kappa shape index (κ3) is 4.71. The molecule has 1 unspecified atom stereocenters. The molecule has 2 atom stereocenters. The van der Waals surface area contributed by atoms with E-state index in [-0.39, 0.29) is 23.1 Å². The number of rotatable bonds is 6. The molecule has 1 aromatic heterocycles. The molecule has 9 heteroatoms. The molecular weight excluding hydrogens is 413 g/mol. The Balaban J connectivity index is 1.60. The van der Waals surface area contributed by atoms with Crippen molar-refractivity contribution in [1.29, 1.82) is 0 Å². The predicted molar refractivity (Wildman–Crippen MR) is 119 cm³/mol. The molecule has 2 aromatic rings. The van der Waals surface area contributed by atoms with Crippen molar-refractivity contribution in [3.63, 3.8) is 0 Å². The first-order chi connectivity index (χ1) is 15.2. The lowest BCUT2D eigenvalue weighted by molar-refractivity contribution is -0.119. The number of benzene rings is 1. The van der Waals surface area contributed by atoms with Crippen LogP contribution in [0, 0.1) is 11.2 Å². The molecule has 172 valence electrons. The van der Waals surface area contributed by atoms with E-state index in [0.29, 0.717) is 31.9 Å². The summed E-state index contributed by atoms with van der Waals surface area (Å²) in [7, 11) is 0. The second-order valence-electron chi connectivity index (χ2n) is 9.48. The Morgan fingerprint density at radius 1 is 1.28 bits per heavy atom. The summed E-state index contributed by atoms with van der Waals surface area (Å²) in [6.45, 7) is 7.69. The van der Waals surface area contributed by atoms with Crippen LogP contribution in [0.15, 0.2) is 24.5 Å². The Hall–Kier alpha value is -3.10. The first kappa shape index (κ1) is 22.1. The van der Waals surface area contributed by atoms with Crippen LogP contribution in [0.1, 0.15) is 51.6 Å². The number of hydrogen-bond donors (Lipinski definition) is 2. The fourth-order valence-electron chi connectivity index (χ4n) is 4.30. The summed E-state index contributed by atoms with van der Waals surface area (Å²) in [6.07, 6.45) is 3.53. The average molecular weight is 444 g/mol. The second-order valence-corrected chi connectivity index (χ2v) is 9.48. The van der Waals surface area contributed by atoms with Crippen molar-refractivity contribution in [3.05, 3.63) is 35.9 Å². The van der Waals surface area contributed by atoms with Gasteiger partial charge < -0.3 is 25.4 Å². The third-order valence-electron chi connectivity index (χ3n) is 5.72. The highest BCUT2D eigenvalue weighted by Crippen LogP contribution is 2.40. The summed E-state index contributed by atoms with van der Waals surface area (Å²) in [4.78, 5) is 22.2. The highest BCUT2D eigenvalue weighted by atomic mass is 19.1.